The van der Waals surface area contributed by atoms with Gasteiger partial charge >= 0.3 is 0 Å². The summed E-state index contributed by atoms with van der Waals surface area (Å²) in [6.07, 6.45) is 5.59. The van der Waals surface area contributed by atoms with Crippen molar-refractivity contribution in [2.75, 3.05) is 26.7 Å². The number of amides is 2. The summed E-state index contributed by atoms with van der Waals surface area (Å²) < 4.78 is 12.7. The van der Waals surface area contributed by atoms with Crippen molar-refractivity contribution < 1.29 is 24.2 Å². The van der Waals surface area contributed by atoms with E-state index >= 15 is 0 Å². The predicted molar refractivity (Wildman–Crippen MR) is 128 cm³/mol. The van der Waals surface area contributed by atoms with Crippen molar-refractivity contribution in [2.24, 2.45) is 5.92 Å². The molecule has 7 nitrogen and oxygen atoms in total. The molecule has 3 aliphatic heterocycles. The second kappa shape index (κ2) is 7.42. The third-order valence-electron chi connectivity index (χ3n) is 8.80. The van der Waals surface area contributed by atoms with Gasteiger partial charge in [0.1, 0.15) is 12.2 Å². The summed E-state index contributed by atoms with van der Waals surface area (Å²) in [6, 6.07) is 11.5. The second-order valence-corrected chi connectivity index (χ2v) is 10.4. The fourth-order valence-electron chi connectivity index (χ4n) is 7.19. The van der Waals surface area contributed by atoms with Gasteiger partial charge in [0, 0.05) is 29.5 Å². The SMILES string of the molecule is CN1CC[C@]23c4c5ccc(OCCCN6C(=O)c7ccccc7C6=O)c4O[C@H]2[C@@H](O)C=CC3[C@H]1C5. The quantitative estimate of drug-likeness (QED) is 0.409. The molecule has 5 atom stereocenters. The molecule has 2 bridgehead atoms. The van der Waals surface area contributed by atoms with Crippen LogP contribution in [0.25, 0.3) is 0 Å². The van der Waals surface area contributed by atoms with Gasteiger partial charge in [-0.15, -0.1) is 0 Å². The first-order valence-corrected chi connectivity index (χ1v) is 12.5. The van der Waals surface area contributed by atoms with Crippen molar-refractivity contribution in [3.05, 3.63) is 70.8 Å². The van der Waals surface area contributed by atoms with Crippen LogP contribution < -0.4 is 9.47 Å². The number of hydrogen-bond donors (Lipinski definition) is 1. The lowest BCUT2D eigenvalue weighted by atomic mass is 9.53. The maximum absolute atomic E-state index is 12.6. The Morgan fingerprint density at radius 2 is 1.89 bits per heavy atom. The van der Waals surface area contributed by atoms with E-state index in [1.165, 1.54) is 16.0 Å². The Bertz CT molecular complexity index is 1250. The van der Waals surface area contributed by atoms with Crippen molar-refractivity contribution in [3.8, 4) is 11.5 Å². The number of piperidine rings is 1. The highest BCUT2D eigenvalue weighted by Gasteiger charge is 2.64. The zero-order valence-electron chi connectivity index (χ0n) is 19.6. The summed E-state index contributed by atoms with van der Waals surface area (Å²) in [6.45, 7) is 1.64. The topological polar surface area (TPSA) is 79.3 Å². The number of aliphatic hydroxyl groups excluding tert-OH is 1. The standard InChI is InChI=1S/C28H28N2O5/c1-29-13-11-28-19-8-9-21(31)25(28)35-24-22(10-7-16(23(24)28)15-20(19)29)34-14-4-12-30-26(32)17-5-2-3-6-18(17)27(30)33/h2-3,5-10,19-21,25,31H,4,11-15H2,1H3/t19?,20-,21+,25+,28+/m1/s1. The van der Waals surface area contributed by atoms with E-state index in [0.29, 0.717) is 48.4 Å². The van der Waals surface area contributed by atoms with Crippen LogP contribution in [0.2, 0.25) is 0 Å². The minimum atomic E-state index is -0.643. The fraction of sp³-hybridized carbons (Fsp3) is 0.429. The zero-order valence-corrected chi connectivity index (χ0v) is 19.6. The Morgan fingerprint density at radius 3 is 2.66 bits per heavy atom. The molecule has 1 fully saturated rings. The average molecular weight is 473 g/mol. The third kappa shape index (κ3) is 2.74. The van der Waals surface area contributed by atoms with Crippen molar-refractivity contribution in [2.45, 2.75) is 42.9 Å². The molecule has 1 unspecified atom stereocenters. The third-order valence-corrected chi connectivity index (χ3v) is 8.80. The molecule has 0 aromatic heterocycles. The van der Waals surface area contributed by atoms with E-state index < -0.39 is 6.10 Å². The van der Waals surface area contributed by atoms with Gasteiger partial charge in [-0.3, -0.25) is 14.5 Å². The molecule has 2 amide bonds. The first-order valence-electron chi connectivity index (χ1n) is 12.5. The summed E-state index contributed by atoms with van der Waals surface area (Å²) in [5.74, 6) is 1.28. The first kappa shape index (κ1) is 21.1. The van der Waals surface area contributed by atoms with Crippen molar-refractivity contribution in [1.29, 1.82) is 0 Å². The van der Waals surface area contributed by atoms with E-state index in [1.54, 1.807) is 24.3 Å². The molecule has 2 aromatic rings. The number of imide groups is 1. The van der Waals surface area contributed by atoms with Crippen LogP contribution in [0.5, 0.6) is 11.5 Å². The number of likely N-dealkylation sites (N-methyl/N-ethyl adjacent to an activating group) is 1. The van der Waals surface area contributed by atoms with E-state index in [-0.39, 0.29) is 23.3 Å². The number of carbonyl (C=O) groups excluding carboxylic acids is 2. The lowest BCUT2D eigenvalue weighted by Crippen LogP contribution is -2.64. The summed E-state index contributed by atoms with van der Waals surface area (Å²) in [5.41, 5.74) is 3.23. The van der Waals surface area contributed by atoms with Crippen LogP contribution in [0.1, 0.15) is 44.7 Å². The van der Waals surface area contributed by atoms with Crippen LogP contribution in [-0.2, 0) is 11.8 Å². The van der Waals surface area contributed by atoms with E-state index in [0.717, 1.165) is 25.1 Å². The number of nitrogens with zero attached hydrogens (tertiary/aromatic N) is 2. The van der Waals surface area contributed by atoms with Gasteiger partial charge in [-0.25, -0.2) is 0 Å². The number of rotatable bonds is 5. The first-order chi connectivity index (χ1) is 17.0. The maximum atomic E-state index is 12.6. The average Bonchev–Trinajstić information content (AvgIpc) is 3.34. The second-order valence-electron chi connectivity index (χ2n) is 10.4. The van der Waals surface area contributed by atoms with Crippen LogP contribution in [0, 0.1) is 5.92 Å². The molecule has 0 radical (unpaired) electrons. The van der Waals surface area contributed by atoms with Crippen molar-refractivity contribution in [3.63, 3.8) is 0 Å². The fourth-order valence-corrected chi connectivity index (χ4v) is 7.19. The van der Waals surface area contributed by atoms with Crippen LogP contribution in [0.4, 0.5) is 0 Å². The molecule has 5 aliphatic rings. The summed E-state index contributed by atoms with van der Waals surface area (Å²) in [5, 5.41) is 10.9. The smallest absolute Gasteiger partial charge is 0.261 e. The summed E-state index contributed by atoms with van der Waals surface area (Å²) >= 11 is 0. The van der Waals surface area contributed by atoms with Crippen molar-refractivity contribution in [1.82, 2.24) is 9.80 Å². The molecule has 1 spiro atoms. The van der Waals surface area contributed by atoms with E-state index in [1.807, 2.05) is 12.1 Å². The molecule has 7 rings (SSSR count). The molecule has 7 heteroatoms. The molecule has 0 saturated carbocycles. The van der Waals surface area contributed by atoms with Crippen LogP contribution in [0.15, 0.2) is 48.6 Å². The zero-order chi connectivity index (χ0) is 23.9. The highest BCUT2D eigenvalue weighted by Crippen LogP contribution is 2.62. The van der Waals surface area contributed by atoms with E-state index in [4.69, 9.17) is 9.47 Å². The Balaban J connectivity index is 1.12. The Kier molecular flexibility index (Phi) is 4.48. The van der Waals surface area contributed by atoms with Gasteiger partial charge in [0.25, 0.3) is 11.8 Å². The summed E-state index contributed by atoms with van der Waals surface area (Å²) in [4.78, 5) is 29.0. The Labute approximate surface area is 203 Å². The lowest BCUT2D eigenvalue weighted by molar-refractivity contribution is -0.0454. The molecule has 35 heavy (non-hydrogen) atoms. The van der Waals surface area contributed by atoms with Gasteiger partial charge in [0.2, 0.25) is 0 Å². The highest BCUT2D eigenvalue weighted by molar-refractivity contribution is 6.21. The van der Waals surface area contributed by atoms with Crippen LogP contribution >= 0.6 is 0 Å². The van der Waals surface area contributed by atoms with E-state index in [2.05, 4.69) is 24.1 Å². The monoisotopic (exact) mass is 472 g/mol. The largest absolute Gasteiger partial charge is 0.490 e. The number of likely N-dealkylation sites (tertiary alicyclic amines) is 1. The predicted octanol–water partition coefficient (Wildman–Crippen LogP) is 2.56. The van der Waals surface area contributed by atoms with Crippen LogP contribution in [0.3, 0.4) is 0 Å². The van der Waals surface area contributed by atoms with Gasteiger partial charge < -0.3 is 19.5 Å². The molecule has 1 saturated heterocycles. The number of aliphatic hydroxyl groups is 1. The minimum Gasteiger partial charge on any atom is -0.490 e. The van der Waals surface area contributed by atoms with Gasteiger partial charge in [0.05, 0.1) is 17.7 Å². The Morgan fingerprint density at radius 1 is 1.11 bits per heavy atom. The van der Waals surface area contributed by atoms with E-state index in [9.17, 15) is 14.7 Å². The number of carbonyl (C=O) groups is 2. The van der Waals surface area contributed by atoms with Gasteiger partial charge in [-0.05, 0) is 56.6 Å². The highest BCUT2D eigenvalue weighted by atomic mass is 16.5. The molecule has 1 N–H and O–H groups in total. The van der Waals surface area contributed by atoms with Crippen LogP contribution in [-0.4, -0.2) is 71.7 Å². The number of ether oxygens (including phenoxy) is 2. The summed E-state index contributed by atoms with van der Waals surface area (Å²) in [7, 11) is 2.19. The molecular weight excluding hydrogens is 444 g/mol. The van der Waals surface area contributed by atoms with Gasteiger partial charge in [-0.1, -0.05) is 30.4 Å². The molecule has 3 heterocycles. The normalized spacial score (nSPS) is 31.9. The molecular formula is C28H28N2O5. The van der Waals surface area contributed by atoms with Gasteiger partial charge in [0.15, 0.2) is 11.5 Å². The lowest BCUT2D eigenvalue weighted by Gasteiger charge is -2.56. The molecule has 180 valence electrons. The molecule has 2 aliphatic carbocycles. The van der Waals surface area contributed by atoms with Crippen molar-refractivity contribution >= 4 is 11.8 Å². The number of benzene rings is 2. The number of fused-ring (bicyclic) bond motifs is 1. The van der Waals surface area contributed by atoms with Gasteiger partial charge in [-0.2, -0.15) is 0 Å². The number of hydrogen-bond acceptors (Lipinski definition) is 6. The Hall–Kier alpha value is -3.16. The minimum absolute atomic E-state index is 0.214. The molecule has 2 aromatic carbocycles. The maximum Gasteiger partial charge on any atom is 0.261 e.